The third kappa shape index (κ3) is 3.42. The zero-order chi connectivity index (χ0) is 13.5. The van der Waals surface area contributed by atoms with E-state index in [1.807, 2.05) is 0 Å². The van der Waals surface area contributed by atoms with Crippen molar-refractivity contribution >= 4 is 17.6 Å². The highest BCUT2D eigenvalue weighted by atomic mass is 16.5. The van der Waals surface area contributed by atoms with E-state index < -0.39 is 24.6 Å². The summed E-state index contributed by atoms with van der Waals surface area (Å²) in [6.07, 6.45) is 1.39. The maximum atomic E-state index is 11.3. The number of methoxy groups -OCH3 is 2. The zero-order valence-electron chi connectivity index (χ0n) is 10.0. The Labute approximate surface area is 104 Å². The third-order valence-electron chi connectivity index (χ3n) is 2.16. The number of hydrogen-bond acceptors (Lipinski definition) is 7. The maximum Gasteiger partial charge on any atom is 0.356 e. The molecule has 0 amide bonds. The predicted octanol–water partition coefficient (Wildman–Crippen LogP) is -0.186. The highest BCUT2D eigenvalue weighted by Crippen LogP contribution is 2.10. The first kappa shape index (κ1) is 13.9. The maximum absolute atomic E-state index is 11.3. The van der Waals surface area contributed by atoms with Gasteiger partial charge >= 0.3 is 11.9 Å². The molecular weight excluding hydrogens is 240 g/mol. The summed E-state index contributed by atoms with van der Waals surface area (Å²) in [7, 11) is 2.47. The average Bonchev–Trinajstić information content (AvgIpc) is 2.43. The number of aliphatic hydroxyl groups excluding tert-OH is 1. The molecule has 0 aliphatic carbocycles. The van der Waals surface area contributed by atoms with Crippen LogP contribution in [0.5, 0.6) is 0 Å². The number of aliphatic hydroxyl groups is 1. The molecule has 98 valence electrons. The summed E-state index contributed by atoms with van der Waals surface area (Å²) in [6.45, 7) is -0.428. The van der Waals surface area contributed by atoms with Crippen LogP contribution in [0.15, 0.2) is 18.3 Å². The van der Waals surface area contributed by atoms with Crippen LogP contribution in [0.2, 0.25) is 0 Å². The molecule has 1 atom stereocenters. The Morgan fingerprint density at radius 1 is 1.44 bits per heavy atom. The van der Waals surface area contributed by atoms with Gasteiger partial charge in [0.1, 0.15) is 11.7 Å². The van der Waals surface area contributed by atoms with Gasteiger partial charge in [-0.2, -0.15) is 0 Å². The Morgan fingerprint density at radius 3 is 2.72 bits per heavy atom. The predicted molar refractivity (Wildman–Crippen MR) is 62.1 cm³/mol. The molecule has 1 aromatic heterocycles. The van der Waals surface area contributed by atoms with E-state index in [1.165, 1.54) is 26.5 Å². The van der Waals surface area contributed by atoms with Gasteiger partial charge in [-0.1, -0.05) is 0 Å². The molecule has 0 aromatic carbocycles. The molecule has 0 fully saturated rings. The first-order chi connectivity index (χ1) is 8.62. The lowest BCUT2D eigenvalue weighted by atomic mass is 10.2. The second-order valence-corrected chi connectivity index (χ2v) is 3.32. The number of anilines is 1. The number of nitrogens with zero attached hydrogens (tertiary/aromatic N) is 1. The molecule has 0 aliphatic rings. The summed E-state index contributed by atoms with van der Waals surface area (Å²) in [5.74, 6) is -1.19. The summed E-state index contributed by atoms with van der Waals surface area (Å²) in [5, 5.41) is 11.8. The highest BCUT2D eigenvalue weighted by Gasteiger charge is 2.18. The van der Waals surface area contributed by atoms with E-state index in [-0.39, 0.29) is 5.69 Å². The Balaban J connectivity index is 2.84. The lowest BCUT2D eigenvalue weighted by Gasteiger charge is -2.15. The Bertz CT molecular complexity index is 435. The van der Waals surface area contributed by atoms with Crippen LogP contribution in [0, 0.1) is 0 Å². The van der Waals surface area contributed by atoms with E-state index in [9.17, 15) is 9.59 Å². The van der Waals surface area contributed by atoms with E-state index >= 15 is 0 Å². The van der Waals surface area contributed by atoms with Crippen LogP contribution < -0.4 is 5.32 Å². The van der Waals surface area contributed by atoms with Crippen molar-refractivity contribution in [3.05, 3.63) is 24.0 Å². The molecule has 1 heterocycles. The van der Waals surface area contributed by atoms with E-state index in [4.69, 9.17) is 5.11 Å². The highest BCUT2D eigenvalue weighted by molar-refractivity contribution is 5.88. The monoisotopic (exact) mass is 254 g/mol. The van der Waals surface area contributed by atoms with Crippen molar-refractivity contribution in [3.63, 3.8) is 0 Å². The van der Waals surface area contributed by atoms with Gasteiger partial charge in [-0.05, 0) is 12.1 Å². The molecule has 1 aromatic rings. The van der Waals surface area contributed by atoms with Gasteiger partial charge in [0.15, 0.2) is 0 Å². The summed E-state index contributed by atoms with van der Waals surface area (Å²) in [4.78, 5) is 26.3. The van der Waals surface area contributed by atoms with Gasteiger partial charge in [-0.15, -0.1) is 0 Å². The number of aromatic nitrogens is 1. The molecule has 1 unspecified atom stereocenters. The third-order valence-corrected chi connectivity index (χ3v) is 2.16. The zero-order valence-corrected chi connectivity index (χ0v) is 10.0. The molecule has 0 aliphatic heterocycles. The van der Waals surface area contributed by atoms with Crippen LogP contribution >= 0.6 is 0 Å². The molecule has 0 spiro atoms. The van der Waals surface area contributed by atoms with Crippen molar-refractivity contribution < 1.29 is 24.2 Å². The summed E-state index contributed by atoms with van der Waals surface area (Å²) >= 11 is 0. The number of carbonyl (C=O) groups excluding carboxylic acids is 2. The first-order valence-electron chi connectivity index (χ1n) is 5.12. The smallest absolute Gasteiger partial charge is 0.356 e. The molecule has 7 heteroatoms. The number of hydrogen-bond donors (Lipinski definition) is 2. The summed E-state index contributed by atoms with van der Waals surface area (Å²) < 4.78 is 9.03. The van der Waals surface area contributed by atoms with E-state index in [1.54, 1.807) is 6.07 Å². The van der Waals surface area contributed by atoms with Gasteiger partial charge in [-0.25, -0.2) is 14.6 Å². The minimum atomic E-state index is -0.900. The number of carbonyl (C=O) groups is 2. The quantitative estimate of drug-likeness (QED) is 0.703. The van der Waals surface area contributed by atoms with Crippen molar-refractivity contribution in [2.45, 2.75) is 6.04 Å². The van der Waals surface area contributed by atoms with Crippen LogP contribution in [0.25, 0.3) is 0 Å². The molecule has 2 N–H and O–H groups in total. The van der Waals surface area contributed by atoms with Crippen LogP contribution in [0.1, 0.15) is 10.5 Å². The van der Waals surface area contributed by atoms with Gasteiger partial charge in [0.25, 0.3) is 0 Å². The van der Waals surface area contributed by atoms with E-state index in [0.29, 0.717) is 5.69 Å². The fourth-order valence-electron chi connectivity index (χ4n) is 1.26. The molecule has 0 saturated heterocycles. The minimum Gasteiger partial charge on any atom is -0.467 e. The topological polar surface area (TPSA) is 97.8 Å². The molecule has 1 rings (SSSR count). The van der Waals surface area contributed by atoms with E-state index in [0.717, 1.165) is 0 Å². The fourth-order valence-corrected chi connectivity index (χ4v) is 1.26. The summed E-state index contributed by atoms with van der Waals surface area (Å²) in [6, 6.07) is 2.07. The van der Waals surface area contributed by atoms with E-state index in [2.05, 4.69) is 19.8 Å². The Kier molecular flexibility index (Phi) is 5.06. The van der Waals surface area contributed by atoms with Crippen molar-refractivity contribution in [3.8, 4) is 0 Å². The standard InChI is InChI=1S/C11H14N2O5/c1-17-10(15)8-5-7(3-4-12-8)13-9(6-14)11(16)18-2/h3-5,9,14H,6H2,1-2H3,(H,12,13). The van der Waals surface area contributed by atoms with Crippen molar-refractivity contribution in [1.29, 1.82) is 0 Å². The van der Waals surface area contributed by atoms with Crippen molar-refractivity contribution in [2.75, 3.05) is 26.1 Å². The van der Waals surface area contributed by atoms with Crippen LogP contribution in [-0.2, 0) is 14.3 Å². The Hall–Kier alpha value is -2.15. The fraction of sp³-hybridized carbons (Fsp3) is 0.364. The molecule has 0 radical (unpaired) electrons. The average molecular weight is 254 g/mol. The molecule has 0 bridgehead atoms. The number of esters is 2. The largest absolute Gasteiger partial charge is 0.467 e. The van der Waals surface area contributed by atoms with Gasteiger partial charge in [0.2, 0.25) is 0 Å². The second kappa shape index (κ2) is 6.55. The first-order valence-corrected chi connectivity index (χ1v) is 5.12. The van der Waals surface area contributed by atoms with Gasteiger partial charge in [0, 0.05) is 11.9 Å². The minimum absolute atomic E-state index is 0.101. The van der Waals surface area contributed by atoms with Crippen molar-refractivity contribution in [1.82, 2.24) is 4.98 Å². The van der Waals surface area contributed by atoms with Crippen LogP contribution in [0.3, 0.4) is 0 Å². The Morgan fingerprint density at radius 2 is 2.17 bits per heavy atom. The molecule has 7 nitrogen and oxygen atoms in total. The lowest BCUT2D eigenvalue weighted by molar-refractivity contribution is -0.142. The number of rotatable bonds is 5. The van der Waals surface area contributed by atoms with Crippen molar-refractivity contribution in [2.24, 2.45) is 0 Å². The van der Waals surface area contributed by atoms with Gasteiger partial charge in [0.05, 0.1) is 20.8 Å². The number of pyridine rings is 1. The molecular formula is C11H14N2O5. The summed E-state index contributed by atoms with van der Waals surface area (Å²) in [5.41, 5.74) is 0.555. The number of ether oxygens (including phenoxy) is 2. The lowest BCUT2D eigenvalue weighted by Crippen LogP contribution is -2.34. The molecule has 0 saturated carbocycles. The molecule has 18 heavy (non-hydrogen) atoms. The van der Waals surface area contributed by atoms with Crippen LogP contribution in [0.4, 0.5) is 5.69 Å². The normalized spacial score (nSPS) is 11.5. The van der Waals surface area contributed by atoms with Crippen LogP contribution in [-0.4, -0.2) is 48.9 Å². The number of nitrogens with one attached hydrogen (secondary N) is 1. The van der Waals surface area contributed by atoms with Gasteiger partial charge in [-0.3, -0.25) is 0 Å². The second-order valence-electron chi connectivity index (χ2n) is 3.32. The van der Waals surface area contributed by atoms with Gasteiger partial charge < -0.3 is 19.9 Å². The SMILES string of the molecule is COC(=O)c1cc(NC(CO)C(=O)OC)ccn1.